The number of thiazole rings is 2. The number of carbonyl (C=O) groups is 1. The minimum absolute atomic E-state index is 0.0300. The molecule has 4 nitrogen and oxygen atoms in total. The summed E-state index contributed by atoms with van der Waals surface area (Å²) in [5.41, 5.74) is 3.95. The van der Waals surface area contributed by atoms with Gasteiger partial charge >= 0.3 is 0 Å². The van der Waals surface area contributed by atoms with Crippen LogP contribution in [0.25, 0.3) is 0 Å². The second kappa shape index (κ2) is 5.18. The van der Waals surface area contributed by atoms with Gasteiger partial charge in [0, 0.05) is 18.3 Å². The molecule has 0 aliphatic heterocycles. The first kappa shape index (κ1) is 14.7. The van der Waals surface area contributed by atoms with Crippen molar-refractivity contribution in [3.8, 4) is 0 Å². The molecule has 0 spiro atoms. The Morgan fingerprint density at radius 1 is 1.38 bits per heavy atom. The SMILES string of the molecule is Cc1ncsc1CN(C)c1nc2c(s1)C(=O)CC(C)(C)C2. The van der Waals surface area contributed by atoms with Gasteiger partial charge in [0.05, 0.1) is 28.3 Å². The Morgan fingerprint density at radius 2 is 2.14 bits per heavy atom. The van der Waals surface area contributed by atoms with E-state index in [-0.39, 0.29) is 11.2 Å². The largest absolute Gasteiger partial charge is 0.346 e. The van der Waals surface area contributed by atoms with E-state index in [0.29, 0.717) is 6.42 Å². The molecule has 0 saturated carbocycles. The number of carbonyl (C=O) groups excluding carboxylic acids is 1. The molecule has 1 aliphatic rings. The molecular weight excluding hydrogens is 302 g/mol. The van der Waals surface area contributed by atoms with Crippen LogP contribution in [0.15, 0.2) is 5.51 Å². The van der Waals surface area contributed by atoms with Gasteiger partial charge < -0.3 is 4.90 Å². The zero-order valence-electron chi connectivity index (χ0n) is 12.8. The molecule has 0 amide bonds. The highest BCUT2D eigenvalue weighted by molar-refractivity contribution is 7.17. The summed E-state index contributed by atoms with van der Waals surface area (Å²) < 4.78 is 0. The molecule has 6 heteroatoms. The first-order valence-corrected chi connectivity index (χ1v) is 8.68. The van der Waals surface area contributed by atoms with Crippen LogP contribution in [0.5, 0.6) is 0 Å². The third-order valence-corrected chi connectivity index (χ3v) is 5.95. The van der Waals surface area contributed by atoms with Crippen LogP contribution in [0.2, 0.25) is 0 Å². The first-order chi connectivity index (χ1) is 9.85. The fraction of sp³-hybridized carbons (Fsp3) is 0.533. The molecule has 21 heavy (non-hydrogen) atoms. The Hall–Kier alpha value is -1.27. The molecule has 3 rings (SSSR count). The lowest BCUT2D eigenvalue weighted by atomic mass is 9.78. The zero-order valence-corrected chi connectivity index (χ0v) is 14.4. The summed E-state index contributed by atoms with van der Waals surface area (Å²) in [4.78, 5) is 25.5. The van der Waals surface area contributed by atoms with Crippen molar-refractivity contribution in [2.45, 2.75) is 40.2 Å². The lowest BCUT2D eigenvalue weighted by Gasteiger charge is -2.26. The molecule has 2 heterocycles. The van der Waals surface area contributed by atoms with Crippen LogP contribution < -0.4 is 4.90 Å². The number of aromatic nitrogens is 2. The molecule has 0 atom stereocenters. The molecule has 0 aromatic carbocycles. The summed E-state index contributed by atoms with van der Waals surface area (Å²) in [5.74, 6) is 0.243. The molecule has 0 bridgehead atoms. The number of Topliss-reactive ketones (excluding diaryl/α,β-unsaturated/α-hetero) is 1. The van der Waals surface area contributed by atoms with Crippen LogP contribution in [-0.2, 0) is 13.0 Å². The Morgan fingerprint density at radius 3 is 2.81 bits per heavy atom. The van der Waals surface area contributed by atoms with E-state index in [1.165, 1.54) is 16.2 Å². The van der Waals surface area contributed by atoms with Crippen molar-refractivity contribution >= 4 is 33.6 Å². The predicted molar refractivity (Wildman–Crippen MR) is 87.5 cm³/mol. The Bertz CT molecular complexity index is 687. The summed E-state index contributed by atoms with van der Waals surface area (Å²) in [7, 11) is 2.03. The number of hydrogen-bond acceptors (Lipinski definition) is 6. The number of fused-ring (bicyclic) bond motifs is 1. The minimum Gasteiger partial charge on any atom is -0.346 e. The number of anilines is 1. The van der Waals surface area contributed by atoms with Gasteiger partial charge in [-0.05, 0) is 18.8 Å². The number of aryl methyl sites for hydroxylation is 1. The maximum atomic E-state index is 12.3. The minimum atomic E-state index is 0.0300. The van der Waals surface area contributed by atoms with E-state index in [1.54, 1.807) is 11.3 Å². The fourth-order valence-electron chi connectivity index (χ4n) is 2.63. The van der Waals surface area contributed by atoms with Gasteiger partial charge in [0.1, 0.15) is 0 Å². The summed E-state index contributed by atoms with van der Waals surface area (Å²) in [6.07, 6.45) is 1.51. The maximum Gasteiger partial charge on any atom is 0.186 e. The van der Waals surface area contributed by atoms with Crippen LogP contribution in [-0.4, -0.2) is 22.8 Å². The number of ketones is 1. The lowest BCUT2D eigenvalue weighted by molar-refractivity contribution is 0.0916. The highest BCUT2D eigenvalue weighted by Gasteiger charge is 2.34. The standard InChI is InChI=1S/C15H19N3OS2/c1-9-12(20-8-16-9)7-18(4)14-17-10-5-15(2,3)6-11(19)13(10)21-14/h8H,5-7H2,1-4H3. The van der Waals surface area contributed by atoms with E-state index in [0.717, 1.165) is 34.4 Å². The third-order valence-electron chi connectivity index (χ3n) is 3.78. The van der Waals surface area contributed by atoms with Gasteiger partial charge in [0.25, 0.3) is 0 Å². The van der Waals surface area contributed by atoms with Gasteiger partial charge in [0.15, 0.2) is 10.9 Å². The van der Waals surface area contributed by atoms with Gasteiger partial charge in [-0.25, -0.2) is 9.97 Å². The van der Waals surface area contributed by atoms with Gasteiger partial charge in [-0.3, -0.25) is 4.79 Å². The number of nitrogens with zero attached hydrogens (tertiary/aromatic N) is 3. The van der Waals surface area contributed by atoms with Crippen molar-refractivity contribution in [1.29, 1.82) is 0 Å². The molecule has 112 valence electrons. The van der Waals surface area contributed by atoms with Crippen molar-refractivity contribution in [3.63, 3.8) is 0 Å². The molecular formula is C15H19N3OS2. The fourth-order valence-corrected chi connectivity index (χ4v) is 4.44. The van der Waals surface area contributed by atoms with E-state index in [4.69, 9.17) is 4.98 Å². The average Bonchev–Trinajstić information content (AvgIpc) is 2.95. The highest BCUT2D eigenvalue weighted by Crippen LogP contribution is 2.39. The molecule has 0 saturated heterocycles. The molecule has 0 unspecified atom stereocenters. The van der Waals surface area contributed by atoms with Gasteiger partial charge in [0.2, 0.25) is 0 Å². The monoisotopic (exact) mass is 321 g/mol. The Labute approximate surface area is 132 Å². The van der Waals surface area contributed by atoms with E-state index in [2.05, 4.69) is 23.7 Å². The van der Waals surface area contributed by atoms with Gasteiger partial charge in [-0.2, -0.15) is 0 Å². The molecule has 2 aromatic heterocycles. The summed E-state index contributed by atoms with van der Waals surface area (Å²) in [6.45, 7) is 7.09. The lowest BCUT2D eigenvalue weighted by Crippen LogP contribution is -2.26. The van der Waals surface area contributed by atoms with Crippen LogP contribution in [0.1, 0.15) is 46.2 Å². The summed E-state index contributed by atoms with van der Waals surface area (Å²) in [5, 5.41) is 0.929. The predicted octanol–water partition coefficient (Wildman–Crippen LogP) is 3.70. The second-order valence-corrected chi connectivity index (χ2v) is 8.35. The van der Waals surface area contributed by atoms with Crippen LogP contribution >= 0.6 is 22.7 Å². The summed E-state index contributed by atoms with van der Waals surface area (Å²) >= 11 is 3.19. The molecule has 1 aliphatic carbocycles. The van der Waals surface area contributed by atoms with Gasteiger partial charge in [-0.15, -0.1) is 11.3 Å². The van der Waals surface area contributed by atoms with Crippen LogP contribution in [0, 0.1) is 12.3 Å². The van der Waals surface area contributed by atoms with Crippen LogP contribution in [0.4, 0.5) is 5.13 Å². The van der Waals surface area contributed by atoms with Crippen molar-refractivity contribution in [2.24, 2.45) is 5.41 Å². The smallest absolute Gasteiger partial charge is 0.186 e. The normalized spacial score (nSPS) is 16.9. The molecule has 2 aromatic rings. The Kier molecular flexibility index (Phi) is 3.61. The number of rotatable bonds is 3. The van der Waals surface area contributed by atoms with Crippen molar-refractivity contribution in [3.05, 3.63) is 26.7 Å². The molecule has 0 radical (unpaired) electrons. The second-order valence-electron chi connectivity index (χ2n) is 6.43. The quantitative estimate of drug-likeness (QED) is 0.865. The zero-order chi connectivity index (χ0) is 15.2. The number of hydrogen-bond donors (Lipinski definition) is 0. The average molecular weight is 321 g/mol. The summed E-state index contributed by atoms with van der Waals surface area (Å²) in [6, 6.07) is 0. The highest BCUT2D eigenvalue weighted by atomic mass is 32.1. The van der Waals surface area contributed by atoms with Gasteiger partial charge in [-0.1, -0.05) is 25.2 Å². The van der Waals surface area contributed by atoms with Crippen molar-refractivity contribution < 1.29 is 4.79 Å². The third kappa shape index (κ3) is 2.87. The van der Waals surface area contributed by atoms with Crippen molar-refractivity contribution in [1.82, 2.24) is 9.97 Å². The van der Waals surface area contributed by atoms with E-state index >= 15 is 0 Å². The van der Waals surface area contributed by atoms with E-state index in [9.17, 15) is 4.79 Å². The molecule has 0 fully saturated rings. The van der Waals surface area contributed by atoms with Crippen LogP contribution in [0.3, 0.4) is 0 Å². The Balaban J connectivity index is 1.85. The first-order valence-electron chi connectivity index (χ1n) is 6.99. The topological polar surface area (TPSA) is 46.1 Å². The van der Waals surface area contributed by atoms with E-state index in [1.807, 2.05) is 19.5 Å². The van der Waals surface area contributed by atoms with E-state index < -0.39 is 0 Å². The molecule has 0 N–H and O–H groups in total. The van der Waals surface area contributed by atoms with Crippen molar-refractivity contribution in [2.75, 3.05) is 11.9 Å². The maximum absolute atomic E-state index is 12.3.